The molecule has 1 aromatic carbocycles. The second-order valence-electron chi connectivity index (χ2n) is 7.53. The molecule has 29 heavy (non-hydrogen) atoms. The smallest absolute Gasteiger partial charge is 0.373 e. The van der Waals surface area contributed by atoms with Crippen molar-refractivity contribution in [1.29, 1.82) is 0 Å². The van der Waals surface area contributed by atoms with Gasteiger partial charge in [0.05, 0.1) is 17.8 Å². The number of benzene rings is 1. The quantitative estimate of drug-likeness (QED) is 0.777. The van der Waals surface area contributed by atoms with Crippen LogP contribution < -0.4 is 4.90 Å². The van der Waals surface area contributed by atoms with E-state index < -0.39 is 18.0 Å². The molecule has 2 unspecified atom stereocenters. The molecule has 0 radical (unpaired) electrons. The third kappa shape index (κ3) is 4.13. The minimum atomic E-state index is -4.42. The summed E-state index contributed by atoms with van der Waals surface area (Å²) in [6.07, 6.45) is -1.41. The Balaban J connectivity index is 1.72. The third-order valence-corrected chi connectivity index (χ3v) is 5.15. The molecule has 3 heterocycles. The van der Waals surface area contributed by atoms with Crippen LogP contribution in [0.25, 0.3) is 0 Å². The first-order chi connectivity index (χ1) is 13.8. The van der Waals surface area contributed by atoms with Crippen LogP contribution in [0.4, 0.5) is 19.0 Å². The predicted octanol–water partition coefficient (Wildman–Crippen LogP) is 3.93. The van der Waals surface area contributed by atoms with Crippen molar-refractivity contribution in [3.8, 4) is 0 Å². The Morgan fingerprint density at radius 3 is 2.52 bits per heavy atom. The maximum atomic E-state index is 13.6. The molecule has 8 heteroatoms. The van der Waals surface area contributed by atoms with Crippen molar-refractivity contribution in [3.63, 3.8) is 0 Å². The number of aliphatic imine (C=N–C) groups is 1. The van der Waals surface area contributed by atoms with E-state index in [-0.39, 0.29) is 24.3 Å². The summed E-state index contributed by atoms with van der Waals surface area (Å²) in [6.45, 7) is 5.33. The summed E-state index contributed by atoms with van der Waals surface area (Å²) in [6, 6.07) is 9.35. The van der Waals surface area contributed by atoms with Gasteiger partial charge in [0.15, 0.2) is 6.29 Å². The van der Waals surface area contributed by atoms with Crippen molar-refractivity contribution in [1.82, 2.24) is 9.88 Å². The molecular formula is C21H23F3N4O. The average molecular weight is 404 g/mol. The van der Waals surface area contributed by atoms with E-state index in [1.807, 2.05) is 24.8 Å². The van der Waals surface area contributed by atoms with Gasteiger partial charge in [0, 0.05) is 37.6 Å². The van der Waals surface area contributed by atoms with Gasteiger partial charge >= 0.3 is 6.18 Å². The fraction of sp³-hybridized carbons (Fsp3) is 0.429. The lowest BCUT2D eigenvalue weighted by molar-refractivity contribution is -0.138. The van der Waals surface area contributed by atoms with Crippen molar-refractivity contribution in [2.24, 2.45) is 4.99 Å². The van der Waals surface area contributed by atoms with Gasteiger partial charge in [-0.1, -0.05) is 18.2 Å². The lowest BCUT2D eigenvalue weighted by Crippen LogP contribution is -2.56. The summed E-state index contributed by atoms with van der Waals surface area (Å²) >= 11 is 0. The summed E-state index contributed by atoms with van der Waals surface area (Å²) < 4.78 is 46.5. The largest absolute Gasteiger partial charge is 0.416 e. The van der Waals surface area contributed by atoms with E-state index in [1.54, 1.807) is 24.5 Å². The number of nitrogens with zero attached hydrogens (tertiary/aromatic N) is 4. The Bertz CT molecular complexity index is 891. The topological polar surface area (TPSA) is 41.0 Å². The number of hydrogen-bond acceptors (Lipinski definition) is 5. The highest BCUT2D eigenvalue weighted by molar-refractivity contribution is 5.88. The highest BCUT2D eigenvalue weighted by Crippen LogP contribution is 2.35. The van der Waals surface area contributed by atoms with Crippen LogP contribution in [0, 0.1) is 0 Å². The zero-order valence-electron chi connectivity index (χ0n) is 16.3. The Kier molecular flexibility index (Phi) is 5.31. The van der Waals surface area contributed by atoms with Crippen LogP contribution in [-0.2, 0) is 17.5 Å². The Morgan fingerprint density at radius 2 is 1.79 bits per heavy atom. The van der Waals surface area contributed by atoms with Gasteiger partial charge in [-0.15, -0.1) is 0 Å². The number of fused-ring (bicyclic) bond motifs is 1. The molecule has 0 bridgehead atoms. The highest BCUT2D eigenvalue weighted by Gasteiger charge is 2.37. The first-order valence-electron chi connectivity index (χ1n) is 9.62. The normalized spacial score (nSPS) is 25.1. The van der Waals surface area contributed by atoms with Gasteiger partial charge < -0.3 is 9.64 Å². The zero-order chi connectivity index (χ0) is 20.6. The van der Waals surface area contributed by atoms with Crippen molar-refractivity contribution in [3.05, 3.63) is 59.3 Å². The van der Waals surface area contributed by atoms with E-state index in [4.69, 9.17) is 4.74 Å². The van der Waals surface area contributed by atoms with Crippen molar-refractivity contribution >= 4 is 12.0 Å². The third-order valence-electron chi connectivity index (χ3n) is 5.15. The lowest BCUT2D eigenvalue weighted by atomic mass is 10.1. The van der Waals surface area contributed by atoms with Gasteiger partial charge in [-0.3, -0.25) is 9.89 Å². The maximum Gasteiger partial charge on any atom is 0.416 e. The van der Waals surface area contributed by atoms with Crippen LogP contribution in [0.1, 0.15) is 30.5 Å². The molecule has 0 spiro atoms. The Morgan fingerprint density at radius 1 is 1.07 bits per heavy atom. The molecular weight excluding hydrogens is 381 g/mol. The van der Waals surface area contributed by atoms with Gasteiger partial charge in [-0.05, 0) is 37.6 Å². The number of hydrogen-bond donors (Lipinski definition) is 0. The second-order valence-corrected chi connectivity index (χ2v) is 7.53. The van der Waals surface area contributed by atoms with Crippen LogP contribution in [0.2, 0.25) is 0 Å². The molecule has 0 aliphatic carbocycles. The first kappa shape index (κ1) is 19.8. The molecule has 5 nitrogen and oxygen atoms in total. The van der Waals surface area contributed by atoms with Gasteiger partial charge in [-0.2, -0.15) is 13.2 Å². The number of halogens is 3. The van der Waals surface area contributed by atoms with Gasteiger partial charge in [0.1, 0.15) is 5.82 Å². The molecule has 2 aromatic rings. The van der Waals surface area contributed by atoms with Crippen LogP contribution >= 0.6 is 0 Å². The van der Waals surface area contributed by atoms with Gasteiger partial charge in [0.2, 0.25) is 0 Å². The molecule has 154 valence electrons. The van der Waals surface area contributed by atoms with Crippen molar-refractivity contribution in [2.45, 2.75) is 45.1 Å². The van der Waals surface area contributed by atoms with Crippen LogP contribution in [0.3, 0.4) is 0 Å². The number of pyridine rings is 1. The minimum absolute atomic E-state index is 0.0170. The zero-order valence-corrected chi connectivity index (χ0v) is 16.3. The summed E-state index contributed by atoms with van der Waals surface area (Å²) in [5, 5.41) is 0. The molecule has 1 fully saturated rings. The van der Waals surface area contributed by atoms with Gasteiger partial charge in [-0.25, -0.2) is 4.98 Å². The fourth-order valence-electron chi connectivity index (χ4n) is 4.06. The van der Waals surface area contributed by atoms with E-state index in [0.717, 1.165) is 11.6 Å². The molecule has 2 aliphatic heterocycles. The molecule has 2 aliphatic rings. The summed E-state index contributed by atoms with van der Waals surface area (Å²) in [7, 11) is 0. The van der Waals surface area contributed by atoms with E-state index >= 15 is 0 Å². The van der Waals surface area contributed by atoms with E-state index in [9.17, 15) is 13.2 Å². The standard InChI is InChI=1S/C21H23F3N4O/c1-14-11-27(12-15(2)29-14)20-26-10-16-7-5-9-25-19(16)28(20)13-17-6-3-4-8-18(17)21(22,23)24/h3-10,14-15,20H,11-13H2,1-2H3/t14-,15?,20?/m0/s1. The lowest BCUT2D eigenvalue weighted by Gasteiger charge is -2.44. The van der Waals surface area contributed by atoms with Gasteiger partial charge in [0.25, 0.3) is 0 Å². The molecule has 1 aromatic heterocycles. The summed E-state index contributed by atoms with van der Waals surface area (Å²) in [4.78, 5) is 13.1. The Labute approximate surface area is 167 Å². The number of alkyl halides is 3. The van der Waals surface area contributed by atoms with E-state index in [2.05, 4.69) is 14.9 Å². The monoisotopic (exact) mass is 404 g/mol. The fourth-order valence-corrected chi connectivity index (χ4v) is 4.06. The number of anilines is 1. The summed E-state index contributed by atoms with van der Waals surface area (Å²) in [5.41, 5.74) is 0.366. The second kappa shape index (κ2) is 7.76. The SMILES string of the molecule is CC1CN(C2N=Cc3cccnc3N2Cc2ccccc2C(F)(F)F)C[C@H](C)O1. The van der Waals surface area contributed by atoms with E-state index in [1.165, 1.54) is 12.1 Å². The number of aromatic nitrogens is 1. The average Bonchev–Trinajstić information content (AvgIpc) is 2.67. The molecule has 1 saturated heterocycles. The number of ether oxygens (including phenoxy) is 1. The van der Waals surface area contributed by atoms with Crippen LogP contribution in [0.15, 0.2) is 47.6 Å². The molecule has 0 saturated carbocycles. The van der Waals surface area contributed by atoms with Crippen LogP contribution in [-0.4, -0.2) is 47.7 Å². The molecule has 0 N–H and O–H groups in total. The molecule has 4 rings (SSSR count). The minimum Gasteiger partial charge on any atom is -0.373 e. The summed E-state index contributed by atoms with van der Waals surface area (Å²) in [5.74, 6) is 0.635. The Hall–Kier alpha value is -2.45. The number of morpholine rings is 1. The van der Waals surface area contributed by atoms with Crippen molar-refractivity contribution in [2.75, 3.05) is 18.0 Å². The maximum absolute atomic E-state index is 13.6. The van der Waals surface area contributed by atoms with Crippen LogP contribution in [0.5, 0.6) is 0 Å². The highest BCUT2D eigenvalue weighted by atomic mass is 19.4. The molecule has 0 amide bonds. The molecule has 3 atom stereocenters. The number of rotatable bonds is 3. The first-order valence-corrected chi connectivity index (χ1v) is 9.62. The van der Waals surface area contributed by atoms with E-state index in [0.29, 0.717) is 18.9 Å². The van der Waals surface area contributed by atoms with Crippen molar-refractivity contribution < 1.29 is 17.9 Å². The predicted molar refractivity (Wildman–Crippen MR) is 105 cm³/mol.